The first kappa shape index (κ1) is 22.8. The lowest BCUT2D eigenvalue weighted by Gasteiger charge is -2.17. The molecule has 7 heteroatoms. The van der Waals surface area contributed by atoms with Gasteiger partial charge in [-0.05, 0) is 48.2 Å². The highest BCUT2D eigenvalue weighted by Crippen LogP contribution is 2.36. The van der Waals surface area contributed by atoms with Crippen LogP contribution < -0.4 is 19.9 Å². The van der Waals surface area contributed by atoms with E-state index in [1.54, 1.807) is 21.3 Å². The van der Waals surface area contributed by atoms with E-state index in [9.17, 15) is 0 Å². The number of hydrogen-bond donors (Lipinski definition) is 1. The molecule has 5 nitrogen and oxygen atoms in total. The van der Waals surface area contributed by atoms with Gasteiger partial charge in [-0.3, -0.25) is 4.98 Å². The van der Waals surface area contributed by atoms with Crippen molar-refractivity contribution < 1.29 is 14.2 Å². The third-order valence-corrected chi connectivity index (χ3v) is 4.24. The fourth-order valence-corrected chi connectivity index (χ4v) is 2.97. The Balaban J connectivity index is 0.00000182. The van der Waals surface area contributed by atoms with Gasteiger partial charge in [0.15, 0.2) is 11.5 Å². The maximum absolute atomic E-state index is 6.55. The minimum absolute atomic E-state index is 0. The van der Waals surface area contributed by atoms with Crippen molar-refractivity contribution in [2.75, 3.05) is 21.3 Å². The zero-order valence-corrected chi connectivity index (χ0v) is 17.3. The molecule has 27 heavy (non-hydrogen) atoms. The number of aryl methyl sites for hydroxylation is 1. The van der Waals surface area contributed by atoms with Crippen LogP contribution in [0.5, 0.6) is 17.2 Å². The minimum atomic E-state index is -0.379. The first-order valence-electron chi connectivity index (χ1n) is 8.00. The molecule has 0 aliphatic heterocycles. The second kappa shape index (κ2) is 9.65. The second-order valence-electron chi connectivity index (χ2n) is 5.83. The smallest absolute Gasteiger partial charge is 0.161 e. The molecule has 1 aromatic heterocycles. The molecule has 0 fully saturated rings. The molecule has 1 unspecified atom stereocenters. The zero-order chi connectivity index (χ0) is 18.0. The minimum Gasteiger partial charge on any atom is -0.497 e. The third-order valence-electron chi connectivity index (χ3n) is 4.24. The summed E-state index contributed by atoms with van der Waals surface area (Å²) in [5.74, 6) is 2.10. The summed E-state index contributed by atoms with van der Waals surface area (Å²) in [6.45, 7) is 1.96. The van der Waals surface area contributed by atoms with Crippen LogP contribution in [-0.2, 0) is 0 Å². The quantitative estimate of drug-likeness (QED) is 0.672. The van der Waals surface area contributed by atoms with Crippen molar-refractivity contribution in [3.8, 4) is 17.2 Å². The largest absolute Gasteiger partial charge is 0.497 e. The fourth-order valence-electron chi connectivity index (χ4n) is 2.97. The monoisotopic (exact) mass is 410 g/mol. The molecular formula is C20H24Cl2N2O3. The van der Waals surface area contributed by atoms with Gasteiger partial charge in [-0.25, -0.2) is 0 Å². The molecule has 0 aliphatic carbocycles. The van der Waals surface area contributed by atoms with Gasteiger partial charge in [0.1, 0.15) is 5.75 Å². The van der Waals surface area contributed by atoms with Gasteiger partial charge < -0.3 is 19.9 Å². The number of ether oxygens (including phenoxy) is 3. The Kier molecular flexibility index (Phi) is 8.16. The highest BCUT2D eigenvalue weighted by molar-refractivity contribution is 5.89. The molecule has 1 atom stereocenters. The summed E-state index contributed by atoms with van der Waals surface area (Å²) in [5, 5.41) is 1.96. The molecular weight excluding hydrogens is 387 g/mol. The predicted octanol–water partition coefficient (Wildman–Crippen LogP) is 4.46. The summed E-state index contributed by atoms with van der Waals surface area (Å²) in [7, 11) is 4.88. The van der Waals surface area contributed by atoms with Crippen molar-refractivity contribution in [1.29, 1.82) is 0 Å². The zero-order valence-electron chi connectivity index (χ0n) is 15.7. The van der Waals surface area contributed by atoms with E-state index >= 15 is 0 Å². The van der Waals surface area contributed by atoms with Crippen LogP contribution in [0.3, 0.4) is 0 Å². The molecule has 0 amide bonds. The van der Waals surface area contributed by atoms with Gasteiger partial charge in [0.2, 0.25) is 0 Å². The Morgan fingerprint density at radius 3 is 2.19 bits per heavy atom. The van der Waals surface area contributed by atoms with Gasteiger partial charge in [-0.2, -0.15) is 0 Å². The summed E-state index contributed by atoms with van der Waals surface area (Å²) in [6.07, 6.45) is 0. The summed E-state index contributed by atoms with van der Waals surface area (Å²) in [4.78, 5) is 4.70. The van der Waals surface area contributed by atoms with Gasteiger partial charge in [0, 0.05) is 11.1 Å². The molecule has 0 saturated heterocycles. The number of hydrogen-bond acceptors (Lipinski definition) is 5. The van der Waals surface area contributed by atoms with E-state index in [2.05, 4.69) is 0 Å². The van der Waals surface area contributed by atoms with Crippen LogP contribution in [0.25, 0.3) is 10.8 Å². The van der Waals surface area contributed by atoms with Crippen LogP contribution in [0.2, 0.25) is 0 Å². The van der Waals surface area contributed by atoms with Gasteiger partial charge in [-0.1, -0.05) is 12.1 Å². The number of nitrogens with zero attached hydrogens (tertiary/aromatic N) is 1. The summed E-state index contributed by atoms with van der Waals surface area (Å²) in [5.41, 5.74) is 9.18. The van der Waals surface area contributed by atoms with Gasteiger partial charge in [0.05, 0.1) is 33.1 Å². The highest BCUT2D eigenvalue weighted by atomic mass is 35.5. The Labute approximate surface area is 171 Å². The molecule has 0 spiro atoms. The maximum Gasteiger partial charge on any atom is 0.161 e. The molecule has 0 saturated carbocycles. The lowest BCUT2D eigenvalue weighted by molar-refractivity contribution is 0.356. The van der Waals surface area contributed by atoms with Crippen LogP contribution in [0.15, 0.2) is 42.5 Å². The van der Waals surface area contributed by atoms with Crippen LogP contribution in [0, 0.1) is 6.92 Å². The number of halogens is 2. The summed E-state index contributed by atoms with van der Waals surface area (Å²) >= 11 is 0. The van der Waals surface area contributed by atoms with Gasteiger partial charge in [0.25, 0.3) is 0 Å². The molecule has 0 bridgehead atoms. The SMILES string of the molecule is COc1cccc(C(N)c2nc(C)cc3cc(OC)c(OC)cc23)c1.Cl.Cl. The van der Waals surface area contributed by atoms with E-state index in [-0.39, 0.29) is 30.9 Å². The van der Waals surface area contributed by atoms with Gasteiger partial charge >= 0.3 is 0 Å². The number of nitrogens with two attached hydrogens (primary N) is 1. The van der Waals surface area contributed by atoms with Crippen molar-refractivity contribution >= 4 is 35.6 Å². The predicted molar refractivity (Wildman–Crippen MR) is 113 cm³/mol. The van der Waals surface area contributed by atoms with E-state index in [1.165, 1.54) is 0 Å². The second-order valence-corrected chi connectivity index (χ2v) is 5.83. The molecule has 3 aromatic rings. The highest BCUT2D eigenvalue weighted by Gasteiger charge is 2.17. The Hall–Kier alpha value is -2.21. The number of benzene rings is 2. The first-order chi connectivity index (χ1) is 12.1. The summed E-state index contributed by atoms with van der Waals surface area (Å²) in [6, 6.07) is 13.2. The van der Waals surface area contributed by atoms with Crippen LogP contribution in [0.1, 0.15) is 23.0 Å². The van der Waals surface area contributed by atoms with Crippen molar-refractivity contribution in [2.45, 2.75) is 13.0 Å². The molecule has 0 radical (unpaired) electrons. The Morgan fingerprint density at radius 1 is 0.889 bits per heavy atom. The van der Waals surface area contributed by atoms with E-state index in [0.717, 1.165) is 33.5 Å². The third kappa shape index (κ3) is 4.56. The average Bonchev–Trinajstić information content (AvgIpc) is 2.65. The van der Waals surface area contributed by atoms with Crippen molar-refractivity contribution in [3.63, 3.8) is 0 Å². The lowest BCUT2D eigenvalue weighted by atomic mass is 9.98. The van der Waals surface area contributed by atoms with Crippen LogP contribution >= 0.6 is 24.8 Å². The molecule has 1 heterocycles. The van der Waals surface area contributed by atoms with Crippen LogP contribution in [-0.4, -0.2) is 26.3 Å². The number of methoxy groups -OCH3 is 3. The molecule has 2 N–H and O–H groups in total. The number of aromatic nitrogens is 1. The molecule has 3 rings (SSSR count). The summed E-state index contributed by atoms with van der Waals surface area (Å²) < 4.78 is 16.2. The van der Waals surface area contributed by atoms with E-state index < -0.39 is 0 Å². The maximum atomic E-state index is 6.55. The number of rotatable bonds is 5. The van der Waals surface area contributed by atoms with Crippen molar-refractivity contribution in [1.82, 2.24) is 4.98 Å². The topological polar surface area (TPSA) is 66.6 Å². The van der Waals surface area contributed by atoms with Gasteiger partial charge in [-0.15, -0.1) is 24.8 Å². The standard InChI is InChI=1S/C20H22N2O3.2ClH/c1-12-8-14-10-17(24-3)18(25-4)11-16(14)20(22-12)19(21)13-6-5-7-15(9-13)23-2;;/h5-11,19H,21H2,1-4H3;2*1H. The van der Waals surface area contributed by atoms with E-state index in [0.29, 0.717) is 11.5 Å². The van der Waals surface area contributed by atoms with Crippen molar-refractivity contribution in [3.05, 3.63) is 59.4 Å². The Bertz CT molecular complexity index is 919. The molecule has 146 valence electrons. The average molecular weight is 411 g/mol. The van der Waals surface area contributed by atoms with Crippen LogP contribution in [0.4, 0.5) is 0 Å². The normalized spacial score (nSPS) is 11.1. The van der Waals surface area contributed by atoms with E-state index in [1.807, 2.05) is 49.4 Å². The molecule has 2 aromatic carbocycles. The van der Waals surface area contributed by atoms with E-state index in [4.69, 9.17) is 24.9 Å². The van der Waals surface area contributed by atoms with Crippen molar-refractivity contribution in [2.24, 2.45) is 5.73 Å². The molecule has 0 aliphatic rings. The Morgan fingerprint density at radius 2 is 1.56 bits per heavy atom. The number of fused-ring (bicyclic) bond motifs is 1. The first-order valence-corrected chi connectivity index (χ1v) is 8.00. The fraction of sp³-hybridized carbons (Fsp3) is 0.250. The number of pyridine rings is 1. The lowest BCUT2D eigenvalue weighted by Crippen LogP contribution is -2.15.